The van der Waals surface area contributed by atoms with E-state index in [0.717, 1.165) is 0 Å². The third-order valence-corrected chi connectivity index (χ3v) is 6.19. The van der Waals surface area contributed by atoms with E-state index in [1.165, 1.54) is 11.8 Å². The second-order valence-corrected chi connectivity index (χ2v) is 8.10. The molecule has 4 nitrogen and oxygen atoms in total. The summed E-state index contributed by atoms with van der Waals surface area (Å²) in [5.41, 5.74) is 2.01. The van der Waals surface area contributed by atoms with E-state index in [0.29, 0.717) is 27.0 Å². The summed E-state index contributed by atoms with van der Waals surface area (Å²) in [7, 11) is 0. The fourth-order valence-corrected chi connectivity index (χ4v) is 4.94. The predicted octanol–water partition coefficient (Wildman–Crippen LogP) is 4.27. The summed E-state index contributed by atoms with van der Waals surface area (Å²) in [6.45, 7) is 1.81. The van der Waals surface area contributed by atoms with E-state index in [4.69, 9.17) is 23.2 Å². The fraction of sp³-hybridized carbons (Fsp3) is 0.176. The van der Waals surface area contributed by atoms with Crippen LogP contribution in [0.4, 0.5) is 11.4 Å². The molecule has 0 aliphatic carbocycles. The second kappa shape index (κ2) is 5.41. The van der Waals surface area contributed by atoms with Crippen LogP contribution in [0.25, 0.3) is 0 Å². The molecule has 4 rings (SSSR count). The smallest absolute Gasteiger partial charge is 0.266 e. The highest BCUT2D eigenvalue weighted by atomic mass is 35.5. The van der Waals surface area contributed by atoms with Crippen molar-refractivity contribution in [2.45, 2.75) is 17.0 Å². The van der Waals surface area contributed by atoms with Gasteiger partial charge in [-0.1, -0.05) is 23.2 Å². The van der Waals surface area contributed by atoms with E-state index < -0.39 is 4.87 Å². The molecule has 0 saturated carbocycles. The van der Waals surface area contributed by atoms with Crippen molar-refractivity contribution < 1.29 is 9.59 Å². The summed E-state index contributed by atoms with van der Waals surface area (Å²) in [6.07, 6.45) is 0. The molecule has 2 aromatic carbocycles. The number of rotatable bonds is 1. The second-order valence-electron chi connectivity index (χ2n) is 5.70. The van der Waals surface area contributed by atoms with E-state index in [9.17, 15) is 9.59 Å². The number of nitrogens with one attached hydrogen (secondary N) is 1. The Bertz CT molecular complexity index is 871. The molecule has 2 aliphatic heterocycles. The number of hydrogen-bond acceptors (Lipinski definition) is 3. The van der Waals surface area contributed by atoms with Gasteiger partial charge in [0.15, 0.2) is 0 Å². The van der Waals surface area contributed by atoms with Gasteiger partial charge in [0.2, 0.25) is 10.8 Å². The third kappa shape index (κ3) is 2.08. The number of amides is 2. The molecule has 24 heavy (non-hydrogen) atoms. The molecule has 0 radical (unpaired) electrons. The van der Waals surface area contributed by atoms with Gasteiger partial charge in [-0.05, 0) is 49.4 Å². The van der Waals surface area contributed by atoms with Crippen LogP contribution < -0.4 is 10.2 Å². The number of anilines is 2. The maximum absolute atomic E-state index is 12.9. The van der Waals surface area contributed by atoms with Crippen molar-refractivity contribution in [2.24, 2.45) is 0 Å². The number of benzene rings is 2. The van der Waals surface area contributed by atoms with Crippen LogP contribution in [0.2, 0.25) is 10.0 Å². The Morgan fingerprint density at radius 2 is 1.75 bits per heavy atom. The first-order valence-corrected chi connectivity index (χ1v) is 8.96. The highest BCUT2D eigenvalue weighted by Gasteiger charge is 2.60. The molecule has 2 atom stereocenters. The number of nitrogens with zero attached hydrogens (tertiary/aromatic N) is 1. The van der Waals surface area contributed by atoms with Crippen LogP contribution in [0.15, 0.2) is 42.5 Å². The van der Waals surface area contributed by atoms with Gasteiger partial charge in [-0.25, -0.2) is 0 Å². The maximum atomic E-state index is 12.9. The van der Waals surface area contributed by atoms with Crippen LogP contribution >= 0.6 is 35.0 Å². The van der Waals surface area contributed by atoms with Gasteiger partial charge in [-0.3, -0.25) is 14.5 Å². The van der Waals surface area contributed by atoms with Gasteiger partial charge < -0.3 is 5.32 Å². The monoisotopic (exact) mass is 378 g/mol. The summed E-state index contributed by atoms with van der Waals surface area (Å²) < 4.78 is 0. The Labute approximate surface area is 153 Å². The number of carbonyl (C=O) groups is 2. The van der Waals surface area contributed by atoms with Crippen LogP contribution in [-0.4, -0.2) is 17.1 Å². The lowest BCUT2D eigenvalue weighted by atomic mass is 10.0. The van der Waals surface area contributed by atoms with Crippen LogP contribution in [0, 0.1) is 0 Å². The molecule has 0 aromatic heterocycles. The molecule has 0 unspecified atom stereocenters. The highest BCUT2D eigenvalue weighted by molar-refractivity contribution is 8.03. The van der Waals surface area contributed by atoms with E-state index in [1.54, 1.807) is 54.3 Å². The van der Waals surface area contributed by atoms with Gasteiger partial charge in [0.1, 0.15) is 0 Å². The summed E-state index contributed by atoms with van der Waals surface area (Å²) in [5.74, 6) is -0.359. The normalized spacial score (nSPS) is 25.3. The Morgan fingerprint density at radius 3 is 2.46 bits per heavy atom. The number of fused-ring (bicyclic) bond motifs is 2. The topological polar surface area (TPSA) is 49.4 Å². The first-order valence-electron chi connectivity index (χ1n) is 7.32. The van der Waals surface area contributed by atoms with E-state index in [-0.39, 0.29) is 17.1 Å². The van der Waals surface area contributed by atoms with Gasteiger partial charge in [0.25, 0.3) is 5.91 Å². The summed E-state index contributed by atoms with van der Waals surface area (Å²) in [6, 6.07) is 12.1. The quantitative estimate of drug-likeness (QED) is 0.805. The molecular weight excluding hydrogens is 367 g/mol. The molecule has 1 saturated heterocycles. The minimum atomic E-state index is -1.15. The third-order valence-electron chi connectivity index (χ3n) is 4.22. The maximum Gasteiger partial charge on any atom is 0.266 e. The zero-order valence-corrected chi connectivity index (χ0v) is 14.9. The van der Waals surface area contributed by atoms with Crippen LogP contribution in [0.3, 0.4) is 0 Å². The van der Waals surface area contributed by atoms with E-state index in [1.807, 2.05) is 0 Å². The molecule has 2 heterocycles. The minimum Gasteiger partial charge on any atom is -0.323 e. The number of thioether (sulfide) groups is 1. The first-order chi connectivity index (χ1) is 11.4. The van der Waals surface area contributed by atoms with Crippen LogP contribution in [0.5, 0.6) is 0 Å². The number of hydrogen-bond donors (Lipinski definition) is 1. The summed E-state index contributed by atoms with van der Waals surface area (Å²) in [4.78, 5) is 26.2. The van der Waals surface area contributed by atoms with E-state index >= 15 is 0 Å². The molecule has 2 aromatic rings. The predicted molar refractivity (Wildman–Crippen MR) is 97.8 cm³/mol. The Morgan fingerprint density at radius 1 is 1.08 bits per heavy atom. The molecule has 2 amide bonds. The summed E-state index contributed by atoms with van der Waals surface area (Å²) >= 11 is 13.4. The Hall–Kier alpha value is -1.69. The largest absolute Gasteiger partial charge is 0.323 e. The lowest BCUT2D eigenvalue weighted by Gasteiger charge is -2.32. The van der Waals surface area contributed by atoms with Gasteiger partial charge in [0, 0.05) is 27.0 Å². The molecule has 1 spiro atoms. The standard InChI is InChI=1S/C17H12Cl2N2O2S/c1-9-15(22)21(12-5-2-10(18)3-6-12)17(24-9)13-8-11(19)4-7-14(13)20-16(17)23/h2-9H,1H3,(H,20,23)/t9-,17-/m0/s1. The van der Waals surface area contributed by atoms with Crippen molar-refractivity contribution in [2.75, 3.05) is 10.2 Å². The number of halogens is 2. The van der Waals surface area contributed by atoms with Gasteiger partial charge in [0.05, 0.1) is 5.25 Å². The lowest BCUT2D eigenvalue weighted by Crippen LogP contribution is -2.47. The van der Waals surface area contributed by atoms with E-state index in [2.05, 4.69) is 5.32 Å². The van der Waals surface area contributed by atoms with Crippen molar-refractivity contribution >= 4 is 58.2 Å². The Kier molecular flexibility index (Phi) is 3.56. The molecular formula is C17H12Cl2N2O2S. The highest BCUT2D eigenvalue weighted by Crippen LogP contribution is 2.56. The zero-order chi connectivity index (χ0) is 17.1. The van der Waals surface area contributed by atoms with Gasteiger partial charge in [-0.15, -0.1) is 11.8 Å². The van der Waals surface area contributed by atoms with Crippen LogP contribution in [-0.2, 0) is 14.5 Å². The van der Waals surface area contributed by atoms with Crippen LogP contribution in [0.1, 0.15) is 12.5 Å². The van der Waals surface area contributed by atoms with Crippen molar-refractivity contribution in [3.8, 4) is 0 Å². The average Bonchev–Trinajstić information content (AvgIpc) is 2.97. The minimum absolute atomic E-state index is 0.120. The Balaban J connectivity index is 1.95. The van der Waals surface area contributed by atoms with Gasteiger partial charge in [-0.2, -0.15) is 0 Å². The lowest BCUT2D eigenvalue weighted by molar-refractivity contribution is -0.122. The average molecular weight is 379 g/mol. The SMILES string of the molecule is C[C@@H]1S[C@@]2(C(=O)Nc3ccc(Cl)cc32)N(c2ccc(Cl)cc2)C1=O. The zero-order valence-electron chi connectivity index (χ0n) is 12.5. The first kappa shape index (κ1) is 15.8. The van der Waals surface area contributed by atoms with Crippen molar-refractivity contribution in [3.05, 3.63) is 58.1 Å². The number of carbonyl (C=O) groups excluding carboxylic acids is 2. The van der Waals surface area contributed by atoms with Gasteiger partial charge >= 0.3 is 0 Å². The summed E-state index contributed by atoms with van der Waals surface area (Å²) in [5, 5.41) is 3.61. The fourth-order valence-electron chi connectivity index (χ4n) is 3.17. The molecule has 2 aliphatic rings. The molecule has 1 N–H and O–H groups in total. The molecule has 7 heteroatoms. The van der Waals surface area contributed by atoms with Crippen molar-refractivity contribution in [1.29, 1.82) is 0 Å². The van der Waals surface area contributed by atoms with Crippen molar-refractivity contribution in [1.82, 2.24) is 0 Å². The molecule has 122 valence electrons. The molecule has 1 fully saturated rings. The molecule has 0 bridgehead atoms. The van der Waals surface area contributed by atoms with Crippen molar-refractivity contribution in [3.63, 3.8) is 0 Å².